The third-order valence-corrected chi connectivity index (χ3v) is 9.28. The molecule has 6 nitrogen and oxygen atoms in total. The maximum atomic E-state index is 7.02. The van der Waals surface area contributed by atoms with Gasteiger partial charge < -0.3 is 18.7 Å². The van der Waals surface area contributed by atoms with E-state index in [1.807, 2.05) is 0 Å². The van der Waals surface area contributed by atoms with Crippen LogP contribution in [0.15, 0.2) is 36.7 Å². The zero-order chi connectivity index (χ0) is 27.7. The van der Waals surface area contributed by atoms with Gasteiger partial charge in [-0.2, -0.15) is 0 Å². The molecule has 1 aromatic carbocycles. The summed E-state index contributed by atoms with van der Waals surface area (Å²) in [7, 11) is 7.98. The summed E-state index contributed by atoms with van der Waals surface area (Å²) < 4.78 is 21.1. The van der Waals surface area contributed by atoms with E-state index in [0.717, 1.165) is 5.69 Å². The van der Waals surface area contributed by atoms with Crippen LogP contribution in [-0.2, 0) is 23.4 Å². The molecule has 4 rings (SSSR count). The fourth-order valence-electron chi connectivity index (χ4n) is 6.43. The van der Waals surface area contributed by atoms with Crippen molar-refractivity contribution in [3.63, 3.8) is 0 Å². The van der Waals surface area contributed by atoms with Crippen LogP contribution in [0.3, 0.4) is 0 Å². The monoisotopic (exact) mass is 503 g/mol. The maximum Gasteiger partial charge on any atom is 0.441 e. The second kappa shape index (κ2) is 9.02. The summed E-state index contributed by atoms with van der Waals surface area (Å²) in [6.45, 7) is 19.6. The Morgan fingerprint density at radius 2 is 1.38 bits per heavy atom. The molecular weight excluding hydrogens is 458 g/mol. The zero-order valence-corrected chi connectivity index (χ0v) is 25.2. The Kier molecular flexibility index (Phi) is 6.70. The normalized spacial score (nSPS) is 18.2. The van der Waals surface area contributed by atoms with Gasteiger partial charge in [0.15, 0.2) is 5.72 Å². The Balaban J connectivity index is 2.23. The summed E-state index contributed by atoms with van der Waals surface area (Å²) in [6.07, 6.45) is 2.59. The first-order valence-electron chi connectivity index (χ1n) is 13.4. The molecule has 1 aliphatic rings. The molecular formula is C29H45B2N4O2+. The molecule has 198 valence electrons. The molecule has 0 N–H and O–H groups in total. The lowest BCUT2D eigenvalue weighted by Crippen LogP contribution is -2.92. The number of nitrogens with zero attached hydrogens (tertiary/aromatic N) is 4. The molecule has 8 heteroatoms. The minimum absolute atomic E-state index is 0.477. The smallest absolute Gasteiger partial charge is 0.424 e. The van der Waals surface area contributed by atoms with E-state index in [0.29, 0.717) is 0 Å². The van der Waals surface area contributed by atoms with E-state index in [1.54, 1.807) is 0 Å². The lowest BCUT2D eigenvalue weighted by Gasteiger charge is -2.37. The summed E-state index contributed by atoms with van der Waals surface area (Å²) >= 11 is 0. The van der Waals surface area contributed by atoms with Crippen LogP contribution in [0.1, 0.15) is 55.8 Å². The molecule has 0 spiro atoms. The zero-order valence-electron chi connectivity index (χ0n) is 25.2. The second-order valence-corrected chi connectivity index (χ2v) is 12.4. The van der Waals surface area contributed by atoms with Crippen LogP contribution in [0.2, 0.25) is 0 Å². The first kappa shape index (κ1) is 27.5. The number of hydrogen-bond donors (Lipinski definition) is 0. The Bertz CT molecular complexity index is 1280. The quantitative estimate of drug-likeness (QED) is 0.397. The Hall–Kier alpha value is -2.57. The van der Waals surface area contributed by atoms with Crippen LogP contribution in [0, 0.1) is 34.6 Å². The Morgan fingerprint density at radius 1 is 0.892 bits per heavy atom. The molecule has 1 saturated heterocycles. The van der Waals surface area contributed by atoms with E-state index in [1.165, 1.54) is 39.3 Å². The van der Waals surface area contributed by atoms with Gasteiger partial charge in [0.25, 0.3) is 0 Å². The van der Waals surface area contributed by atoms with Crippen molar-refractivity contribution in [1.29, 1.82) is 0 Å². The molecule has 0 aliphatic carbocycles. The van der Waals surface area contributed by atoms with Crippen molar-refractivity contribution >= 4 is 30.1 Å². The molecule has 0 amide bonds. The number of hydrogen-bond acceptors (Lipinski definition) is 3. The van der Waals surface area contributed by atoms with Gasteiger partial charge in [-0.05, 0) is 48.5 Å². The third-order valence-electron chi connectivity index (χ3n) is 9.28. The topological polar surface area (TPSA) is 34.4 Å². The van der Waals surface area contributed by atoms with Crippen molar-refractivity contribution in [3.05, 3.63) is 64.7 Å². The van der Waals surface area contributed by atoms with Gasteiger partial charge in [-0.15, -0.1) is 5.46 Å². The van der Waals surface area contributed by atoms with E-state index in [-0.39, 0.29) is 0 Å². The summed E-state index contributed by atoms with van der Waals surface area (Å²) in [5.41, 5.74) is 8.84. The van der Waals surface area contributed by atoms with Crippen molar-refractivity contribution in [1.82, 2.24) is 4.57 Å². The molecule has 0 unspecified atom stereocenters. The van der Waals surface area contributed by atoms with Crippen LogP contribution in [-0.4, -0.2) is 43.0 Å². The average molecular weight is 503 g/mol. The van der Waals surface area contributed by atoms with Gasteiger partial charge in [0.1, 0.15) is 23.8 Å². The van der Waals surface area contributed by atoms with Crippen LogP contribution in [0.5, 0.6) is 0 Å². The van der Waals surface area contributed by atoms with Crippen molar-refractivity contribution in [2.45, 2.75) is 73.5 Å². The highest BCUT2D eigenvalue weighted by atomic mass is 16.7. The van der Waals surface area contributed by atoms with Gasteiger partial charge >= 0.3 is 13.2 Å². The molecule has 1 fully saturated rings. The predicted octanol–water partition coefficient (Wildman–Crippen LogP) is 2.52. The van der Waals surface area contributed by atoms with E-state index < -0.39 is 24.4 Å². The number of pyridine rings is 1. The maximum absolute atomic E-state index is 7.02. The summed E-state index contributed by atoms with van der Waals surface area (Å²) in [5, 5.41) is 0. The van der Waals surface area contributed by atoms with Gasteiger partial charge in [0.2, 0.25) is 0 Å². The van der Waals surface area contributed by atoms with E-state index >= 15 is 0 Å². The SMILES string of the molecule is Cc1cc(C)c([B@-](B2OC(C)(C)C(C)(C)O2)(c2n(C)c(C)c(C)[n+]2C)[n+]2ccc(N(C)C)cc2)c(C)c1. The minimum atomic E-state index is -1.82. The summed E-state index contributed by atoms with van der Waals surface area (Å²) in [4.78, 5) is 2.13. The van der Waals surface area contributed by atoms with Crippen LogP contribution in [0.4, 0.5) is 5.69 Å². The minimum Gasteiger partial charge on any atom is -0.424 e. The highest BCUT2D eigenvalue weighted by Gasteiger charge is 2.68. The van der Waals surface area contributed by atoms with Crippen molar-refractivity contribution in [2.75, 3.05) is 19.0 Å². The molecule has 0 radical (unpaired) electrons. The van der Waals surface area contributed by atoms with Crippen LogP contribution >= 0.6 is 0 Å². The lowest BCUT2D eigenvalue weighted by atomic mass is 9.08. The van der Waals surface area contributed by atoms with Crippen LogP contribution in [0.25, 0.3) is 0 Å². The first-order chi connectivity index (χ1) is 17.1. The van der Waals surface area contributed by atoms with Gasteiger partial charge in [-0.1, -0.05) is 28.8 Å². The van der Waals surface area contributed by atoms with E-state index in [9.17, 15) is 0 Å². The first-order valence-corrected chi connectivity index (χ1v) is 13.4. The fourth-order valence-corrected chi connectivity index (χ4v) is 6.43. The van der Waals surface area contributed by atoms with Crippen molar-refractivity contribution in [2.24, 2.45) is 14.1 Å². The molecule has 37 heavy (non-hydrogen) atoms. The number of aromatic nitrogens is 3. The number of anilines is 1. The van der Waals surface area contributed by atoms with E-state index in [2.05, 4.69) is 146 Å². The summed E-state index contributed by atoms with van der Waals surface area (Å²) in [5.74, 6) is 0. The molecule has 3 aromatic rings. The largest absolute Gasteiger partial charge is 0.441 e. The van der Waals surface area contributed by atoms with E-state index in [4.69, 9.17) is 9.31 Å². The molecule has 0 bridgehead atoms. The van der Waals surface area contributed by atoms with Gasteiger partial charge in [0.05, 0.1) is 25.3 Å². The van der Waals surface area contributed by atoms with Crippen molar-refractivity contribution in [3.8, 4) is 0 Å². The number of aryl methyl sites for hydroxylation is 3. The lowest BCUT2D eigenvalue weighted by molar-refractivity contribution is -0.665. The Morgan fingerprint density at radius 3 is 1.78 bits per heavy atom. The molecule has 2 aromatic heterocycles. The van der Waals surface area contributed by atoms with Gasteiger partial charge in [-0.25, -0.2) is 0 Å². The summed E-state index contributed by atoms with van der Waals surface area (Å²) in [6, 6.07) is 8.95. The van der Waals surface area contributed by atoms with Crippen molar-refractivity contribution < 1.29 is 18.4 Å². The standard InChI is InChI=1S/C29H45B2N4O2/c1-20-18-21(2)26(22(3)19-20)31(27-33(12)23(4)24(5)34(27)13,30-36-28(6,7)29(8,9)37-30)35-16-14-25(15-17-35)32(10)11/h14-19H,1-13H3/q+1/t31-/m1/s1. The Labute approximate surface area is 224 Å². The molecule has 3 heterocycles. The highest BCUT2D eigenvalue weighted by molar-refractivity contribution is 7.36. The second-order valence-electron chi connectivity index (χ2n) is 12.4. The highest BCUT2D eigenvalue weighted by Crippen LogP contribution is 2.39. The molecule has 0 saturated carbocycles. The average Bonchev–Trinajstić information content (AvgIpc) is 3.13. The number of rotatable bonds is 5. The van der Waals surface area contributed by atoms with Gasteiger partial charge in [0, 0.05) is 45.8 Å². The number of imidazole rings is 1. The predicted molar refractivity (Wildman–Crippen MR) is 154 cm³/mol. The van der Waals surface area contributed by atoms with Gasteiger partial charge in [-0.3, -0.25) is 9.13 Å². The molecule has 1 atom stereocenters. The molecule has 1 aliphatic heterocycles. The third kappa shape index (κ3) is 4.04. The fraction of sp³-hybridized carbons (Fsp3) is 0.517. The number of benzene rings is 1. The van der Waals surface area contributed by atoms with Crippen LogP contribution < -0.4 is 25.1 Å².